The molecule has 0 bridgehead atoms. The Balaban J connectivity index is 2.34. The molecule has 2 aromatic carbocycles. The molecule has 0 aliphatic carbocycles. The molecule has 2 aromatic rings. The van der Waals surface area contributed by atoms with Crippen molar-refractivity contribution in [1.82, 2.24) is 0 Å². The average molecular weight is 322 g/mol. The standard InChI is InChI=1S/C16H17BrFN/c1-12(14-8-4-5-9-15(14)18)19(2)16-10-6-3-7-13(16)11-17/h3-10,12H,11H2,1-2H3. The highest BCUT2D eigenvalue weighted by atomic mass is 79.9. The normalized spacial score (nSPS) is 12.2. The molecule has 0 aliphatic rings. The average Bonchev–Trinajstić information content (AvgIpc) is 2.46. The fourth-order valence-corrected chi connectivity index (χ4v) is 2.67. The van der Waals surface area contributed by atoms with Crippen LogP contribution in [0.2, 0.25) is 0 Å². The first-order valence-corrected chi connectivity index (χ1v) is 7.38. The van der Waals surface area contributed by atoms with Gasteiger partial charge in [0.05, 0.1) is 6.04 Å². The van der Waals surface area contributed by atoms with Crippen molar-refractivity contribution in [2.45, 2.75) is 18.3 Å². The highest BCUT2D eigenvalue weighted by Crippen LogP contribution is 2.30. The maximum absolute atomic E-state index is 13.9. The van der Waals surface area contributed by atoms with E-state index in [9.17, 15) is 4.39 Å². The second-order valence-corrected chi connectivity index (χ2v) is 5.13. The largest absolute Gasteiger partial charge is 0.367 e. The molecule has 3 heteroatoms. The third-order valence-corrected chi connectivity index (χ3v) is 4.06. The lowest BCUT2D eigenvalue weighted by atomic mass is 10.0. The predicted molar refractivity (Wildman–Crippen MR) is 82.3 cm³/mol. The summed E-state index contributed by atoms with van der Waals surface area (Å²) in [5.41, 5.74) is 3.04. The summed E-state index contributed by atoms with van der Waals surface area (Å²) in [6, 6.07) is 15.1. The van der Waals surface area contributed by atoms with Crippen LogP contribution in [-0.4, -0.2) is 7.05 Å². The minimum Gasteiger partial charge on any atom is -0.367 e. The topological polar surface area (TPSA) is 3.24 Å². The van der Waals surface area contributed by atoms with Crippen molar-refractivity contribution < 1.29 is 4.39 Å². The quantitative estimate of drug-likeness (QED) is 0.722. The Bertz CT molecular complexity index is 556. The van der Waals surface area contributed by atoms with E-state index >= 15 is 0 Å². The van der Waals surface area contributed by atoms with E-state index in [0.29, 0.717) is 0 Å². The van der Waals surface area contributed by atoms with Gasteiger partial charge in [0.1, 0.15) is 5.82 Å². The molecular formula is C16H17BrFN. The molecule has 0 saturated heterocycles. The number of rotatable bonds is 4. The van der Waals surface area contributed by atoms with Crippen molar-refractivity contribution in [2.75, 3.05) is 11.9 Å². The first kappa shape index (κ1) is 14.1. The third-order valence-electron chi connectivity index (χ3n) is 3.45. The van der Waals surface area contributed by atoms with Crippen LogP contribution in [0.4, 0.5) is 10.1 Å². The Kier molecular flexibility index (Phi) is 4.59. The minimum absolute atomic E-state index is 0.0126. The molecule has 19 heavy (non-hydrogen) atoms. The number of alkyl halides is 1. The van der Waals surface area contributed by atoms with Crippen LogP contribution in [0.1, 0.15) is 24.1 Å². The summed E-state index contributed by atoms with van der Waals surface area (Å²) in [6.45, 7) is 2.02. The van der Waals surface area contributed by atoms with Crippen LogP contribution in [0, 0.1) is 5.82 Å². The first-order valence-electron chi connectivity index (χ1n) is 6.26. The van der Waals surface area contributed by atoms with Crippen molar-refractivity contribution in [3.05, 3.63) is 65.5 Å². The summed E-state index contributed by atoms with van der Waals surface area (Å²) in [5.74, 6) is -0.154. The Hall–Kier alpha value is -1.35. The van der Waals surface area contributed by atoms with Crippen LogP contribution in [0.15, 0.2) is 48.5 Å². The SMILES string of the molecule is CC(c1ccccc1F)N(C)c1ccccc1CBr. The lowest BCUT2D eigenvalue weighted by molar-refractivity contribution is 0.585. The maximum atomic E-state index is 13.9. The lowest BCUT2D eigenvalue weighted by Crippen LogP contribution is -2.23. The number of hydrogen-bond acceptors (Lipinski definition) is 1. The fourth-order valence-electron chi connectivity index (χ4n) is 2.20. The zero-order valence-electron chi connectivity index (χ0n) is 11.1. The summed E-state index contributed by atoms with van der Waals surface area (Å²) in [6.07, 6.45) is 0. The van der Waals surface area contributed by atoms with E-state index in [0.717, 1.165) is 16.6 Å². The molecular weight excluding hydrogens is 305 g/mol. The summed E-state index contributed by atoms with van der Waals surface area (Å²) in [7, 11) is 2.00. The Morgan fingerprint density at radius 1 is 1.11 bits per heavy atom. The molecule has 0 fully saturated rings. The van der Waals surface area contributed by atoms with Gasteiger partial charge in [-0.15, -0.1) is 0 Å². The lowest BCUT2D eigenvalue weighted by Gasteiger charge is -2.29. The molecule has 0 radical (unpaired) electrons. The van der Waals surface area contributed by atoms with Crippen molar-refractivity contribution in [2.24, 2.45) is 0 Å². The van der Waals surface area contributed by atoms with E-state index in [2.05, 4.69) is 33.0 Å². The molecule has 0 saturated carbocycles. The van der Waals surface area contributed by atoms with Crippen LogP contribution in [0.3, 0.4) is 0 Å². The van der Waals surface area contributed by atoms with Gasteiger partial charge in [-0.2, -0.15) is 0 Å². The van der Waals surface area contributed by atoms with Crippen LogP contribution >= 0.6 is 15.9 Å². The smallest absolute Gasteiger partial charge is 0.128 e. The molecule has 0 amide bonds. The van der Waals surface area contributed by atoms with Crippen LogP contribution in [0.5, 0.6) is 0 Å². The van der Waals surface area contributed by atoms with Crippen molar-refractivity contribution in [3.8, 4) is 0 Å². The summed E-state index contributed by atoms with van der Waals surface area (Å²) in [4.78, 5) is 2.11. The van der Waals surface area contributed by atoms with Gasteiger partial charge in [-0.3, -0.25) is 0 Å². The molecule has 0 aliphatic heterocycles. The highest BCUT2D eigenvalue weighted by Gasteiger charge is 2.17. The number of halogens is 2. The van der Waals surface area contributed by atoms with Gasteiger partial charge in [-0.1, -0.05) is 52.3 Å². The number of benzene rings is 2. The Morgan fingerprint density at radius 3 is 2.42 bits per heavy atom. The van der Waals surface area contributed by atoms with Gasteiger partial charge in [0.15, 0.2) is 0 Å². The zero-order chi connectivity index (χ0) is 13.8. The third kappa shape index (κ3) is 2.98. The molecule has 0 aromatic heterocycles. The van der Waals surface area contributed by atoms with Crippen molar-refractivity contribution >= 4 is 21.6 Å². The molecule has 1 nitrogen and oxygen atoms in total. The van der Waals surface area contributed by atoms with Gasteiger partial charge in [0.2, 0.25) is 0 Å². The maximum Gasteiger partial charge on any atom is 0.128 e. The predicted octanol–water partition coefficient (Wildman–Crippen LogP) is 4.92. The van der Waals surface area contributed by atoms with Gasteiger partial charge in [0, 0.05) is 23.6 Å². The fraction of sp³-hybridized carbons (Fsp3) is 0.250. The van der Waals surface area contributed by atoms with Gasteiger partial charge in [-0.25, -0.2) is 4.39 Å². The molecule has 0 N–H and O–H groups in total. The van der Waals surface area contributed by atoms with E-state index in [-0.39, 0.29) is 11.9 Å². The molecule has 2 rings (SSSR count). The van der Waals surface area contributed by atoms with E-state index in [1.54, 1.807) is 6.07 Å². The Labute approximate surface area is 122 Å². The van der Waals surface area contributed by atoms with Crippen LogP contribution in [0.25, 0.3) is 0 Å². The molecule has 1 atom stereocenters. The highest BCUT2D eigenvalue weighted by molar-refractivity contribution is 9.08. The molecule has 0 spiro atoms. The second kappa shape index (κ2) is 6.20. The van der Waals surface area contributed by atoms with Gasteiger partial charge >= 0.3 is 0 Å². The molecule has 100 valence electrons. The van der Waals surface area contributed by atoms with Crippen molar-refractivity contribution in [3.63, 3.8) is 0 Å². The van der Waals surface area contributed by atoms with E-state index in [1.807, 2.05) is 38.2 Å². The number of para-hydroxylation sites is 1. The van der Waals surface area contributed by atoms with Gasteiger partial charge < -0.3 is 4.90 Å². The van der Waals surface area contributed by atoms with Crippen molar-refractivity contribution in [1.29, 1.82) is 0 Å². The summed E-state index contributed by atoms with van der Waals surface area (Å²) >= 11 is 3.50. The first-order chi connectivity index (χ1) is 9.15. The number of nitrogens with zero attached hydrogens (tertiary/aromatic N) is 1. The Morgan fingerprint density at radius 2 is 1.74 bits per heavy atom. The number of hydrogen-bond donors (Lipinski definition) is 0. The summed E-state index contributed by atoms with van der Waals surface area (Å²) in [5, 5.41) is 0.789. The second-order valence-electron chi connectivity index (χ2n) is 4.57. The monoisotopic (exact) mass is 321 g/mol. The van der Waals surface area contributed by atoms with Gasteiger partial charge in [-0.05, 0) is 24.6 Å². The molecule has 1 unspecified atom stereocenters. The van der Waals surface area contributed by atoms with E-state index in [1.165, 1.54) is 11.6 Å². The van der Waals surface area contributed by atoms with Crippen LogP contribution in [-0.2, 0) is 5.33 Å². The zero-order valence-corrected chi connectivity index (χ0v) is 12.7. The summed E-state index contributed by atoms with van der Waals surface area (Å²) < 4.78 is 13.9. The molecule has 0 heterocycles. The minimum atomic E-state index is -0.154. The van der Waals surface area contributed by atoms with E-state index < -0.39 is 0 Å². The number of anilines is 1. The van der Waals surface area contributed by atoms with Crippen LogP contribution < -0.4 is 4.90 Å². The van der Waals surface area contributed by atoms with E-state index in [4.69, 9.17) is 0 Å². The van der Waals surface area contributed by atoms with Gasteiger partial charge in [0.25, 0.3) is 0 Å².